The summed E-state index contributed by atoms with van der Waals surface area (Å²) in [6.07, 6.45) is 1.79. The van der Waals surface area contributed by atoms with Crippen LogP contribution < -0.4 is 0 Å². The lowest BCUT2D eigenvalue weighted by Crippen LogP contribution is -2.18. The maximum Gasteiger partial charge on any atom is 0.408 e. The molecule has 0 aliphatic heterocycles. The molecule has 1 saturated carbocycles. The van der Waals surface area contributed by atoms with Gasteiger partial charge in [-0.25, -0.2) is 9.50 Å². The third-order valence-corrected chi connectivity index (χ3v) is 4.78. The van der Waals surface area contributed by atoms with Gasteiger partial charge in [0.25, 0.3) is 0 Å². The van der Waals surface area contributed by atoms with Crippen molar-refractivity contribution in [2.45, 2.75) is 31.5 Å². The zero-order valence-corrected chi connectivity index (χ0v) is 15.9. The number of fused-ring (bicyclic) bond motifs is 2. The Hall–Kier alpha value is -2.32. The maximum absolute atomic E-state index is 12.2. The van der Waals surface area contributed by atoms with Crippen molar-refractivity contribution in [3.63, 3.8) is 0 Å². The van der Waals surface area contributed by atoms with Gasteiger partial charge in [0.15, 0.2) is 10.8 Å². The van der Waals surface area contributed by atoms with E-state index in [-0.39, 0.29) is 5.15 Å². The molecule has 0 spiro atoms. The highest BCUT2D eigenvalue weighted by atomic mass is 35.5. The van der Waals surface area contributed by atoms with Crippen LogP contribution in [0.1, 0.15) is 24.3 Å². The second-order valence-corrected chi connectivity index (χ2v) is 7.22. The number of rotatable bonds is 2. The van der Waals surface area contributed by atoms with Crippen molar-refractivity contribution >= 4 is 39.8 Å². The Kier molecular flexibility index (Phi) is 4.93. The molecule has 1 fully saturated rings. The van der Waals surface area contributed by atoms with Crippen molar-refractivity contribution in [1.82, 2.24) is 24.4 Å². The summed E-state index contributed by atoms with van der Waals surface area (Å²) in [5.74, 6) is 0.658. The fraction of sp³-hybridized carbons (Fsp3) is 0.278. The lowest BCUT2D eigenvalue weighted by atomic mass is 10.2. The highest BCUT2D eigenvalue weighted by Crippen LogP contribution is 2.41. The summed E-state index contributed by atoms with van der Waals surface area (Å²) in [5.41, 5.74) is 2.58. The van der Waals surface area contributed by atoms with Crippen LogP contribution in [0.25, 0.3) is 16.6 Å². The van der Waals surface area contributed by atoms with E-state index < -0.39 is 12.7 Å². The van der Waals surface area contributed by atoms with Gasteiger partial charge in [0.2, 0.25) is 0 Å². The molecule has 28 heavy (non-hydrogen) atoms. The Morgan fingerprint density at radius 3 is 2.57 bits per heavy atom. The Balaban J connectivity index is 0.000000138. The number of benzene rings is 1. The molecule has 0 radical (unpaired) electrons. The Labute approximate surface area is 167 Å². The van der Waals surface area contributed by atoms with Gasteiger partial charge in [-0.3, -0.25) is 4.68 Å². The minimum atomic E-state index is -4.29. The molecule has 1 aromatic carbocycles. The number of hydrogen-bond donors (Lipinski definition) is 0. The lowest BCUT2D eigenvalue weighted by Gasteiger charge is -2.06. The van der Waals surface area contributed by atoms with Gasteiger partial charge in [0, 0.05) is 23.3 Å². The Bertz CT molecular complexity index is 1130. The SMILES string of the molecule is Clc1cc(C2CC2)c2nccn2n1.FC(F)(F)Cn1nc(Cl)c2ccccc21. The molecule has 3 aromatic heterocycles. The van der Waals surface area contributed by atoms with E-state index in [1.165, 1.54) is 18.4 Å². The van der Waals surface area contributed by atoms with Crippen molar-refractivity contribution in [2.75, 3.05) is 0 Å². The predicted molar refractivity (Wildman–Crippen MR) is 101 cm³/mol. The predicted octanol–water partition coefficient (Wildman–Crippen LogP) is 5.51. The number of halogens is 5. The van der Waals surface area contributed by atoms with Crippen LogP contribution in [-0.2, 0) is 6.54 Å². The first kappa shape index (κ1) is 19.0. The number of para-hydroxylation sites is 1. The molecule has 0 bridgehead atoms. The second-order valence-electron chi connectivity index (χ2n) is 6.47. The minimum absolute atomic E-state index is 0.0925. The van der Waals surface area contributed by atoms with E-state index in [4.69, 9.17) is 23.2 Å². The summed E-state index contributed by atoms with van der Waals surface area (Å²) in [5, 5.41) is 8.94. The normalized spacial score (nSPS) is 14.3. The zero-order chi connectivity index (χ0) is 19.9. The first-order valence-electron chi connectivity index (χ1n) is 8.49. The van der Waals surface area contributed by atoms with E-state index in [0.29, 0.717) is 22.0 Å². The highest BCUT2D eigenvalue weighted by Gasteiger charge is 2.29. The molecular formula is C18H14Cl2F3N5. The second kappa shape index (κ2) is 7.25. The molecule has 5 rings (SSSR count). The van der Waals surface area contributed by atoms with Crippen molar-refractivity contribution in [3.05, 3.63) is 58.6 Å². The molecule has 1 aliphatic rings. The molecule has 0 saturated heterocycles. The van der Waals surface area contributed by atoms with Gasteiger partial charge in [0.1, 0.15) is 11.7 Å². The zero-order valence-electron chi connectivity index (χ0n) is 14.4. The summed E-state index contributed by atoms with van der Waals surface area (Å²) in [6, 6.07) is 8.47. The van der Waals surface area contributed by atoms with Gasteiger partial charge >= 0.3 is 6.18 Å². The van der Waals surface area contributed by atoms with E-state index in [0.717, 1.165) is 10.3 Å². The van der Waals surface area contributed by atoms with Gasteiger partial charge in [-0.1, -0.05) is 35.3 Å². The number of nitrogens with zero attached hydrogens (tertiary/aromatic N) is 5. The van der Waals surface area contributed by atoms with Crippen LogP contribution in [-0.4, -0.2) is 30.6 Å². The molecule has 5 nitrogen and oxygen atoms in total. The van der Waals surface area contributed by atoms with Crippen LogP contribution in [0.4, 0.5) is 13.2 Å². The molecule has 0 atom stereocenters. The first-order chi connectivity index (χ1) is 13.3. The third-order valence-electron chi connectivity index (χ3n) is 4.32. The van der Waals surface area contributed by atoms with Crippen LogP contribution in [0.3, 0.4) is 0 Å². The number of hydrogen-bond acceptors (Lipinski definition) is 3. The average Bonchev–Trinajstić information content (AvgIpc) is 3.30. The summed E-state index contributed by atoms with van der Waals surface area (Å²) < 4.78 is 39.1. The summed E-state index contributed by atoms with van der Waals surface area (Å²) in [6.45, 7) is -1.12. The van der Waals surface area contributed by atoms with Gasteiger partial charge in [-0.05, 0) is 37.0 Å². The largest absolute Gasteiger partial charge is 0.408 e. The molecule has 0 amide bonds. The fourth-order valence-corrected chi connectivity index (χ4v) is 3.43. The standard InChI is InChI=1S/C9H6ClF3N2.C9H8ClN3/c10-8-6-3-1-2-4-7(6)15(14-8)5-9(11,12)13;10-8-5-7(6-1-2-6)9-11-3-4-13(9)12-8/h1-4H,5H2;3-6H,1-2H2. The minimum Gasteiger partial charge on any atom is -0.254 e. The average molecular weight is 428 g/mol. The molecule has 0 N–H and O–H groups in total. The monoisotopic (exact) mass is 427 g/mol. The van der Waals surface area contributed by atoms with Crippen LogP contribution >= 0.6 is 23.2 Å². The van der Waals surface area contributed by atoms with Gasteiger partial charge in [-0.2, -0.15) is 23.4 Å². The Morgan fingerprint density at radius 1 is 1.11 bits per heavy atom. The summed E-state index contributed by atoms with van der Waals surface area (Å²) >= 11 is 11.6. The molecule has 1 aliphatic carbocycles. The van der Waals surface area contributed by atoms with Gasteiger partial charge in [-0.15, -0.1) is 0 Å². The van der Waals surface area contributed by atoms with Gasteiger partial charge < -0.3 is 0 Å². The van der Waals surface area contributed by atoms with E-state index in [1.807, 2.05) is 12.3 Å². The van der Waals surface area contributed by atoms with E-state index in [2.05, 4.69) is 15.2 Å². The van der Waals surface area contributed by atoms with Crippen molar-refractivity contribution in [1.29, 1.82) is 0 Å². The van der Waals surface area contributed by atoms with Crippen LogP contribution in [0.2, 0.25) is 10.3 Å². The lowest BCUT2D eigenvalue weighted by molar-refractivity contribution is -0.141. The topological polar surface area (TPSA) is 48.0 Å². The number of imidazole rings is 1. The highest BCUT2D eigenvalue weighted by molar-refractivity contribution is 6.34. The van der Waals surface area contributed by atoms with Crippen LogP contribution in [0, 0.1) is 0 Å². The molecule has 4 aromatic rings. The maximum atomic E-state index is 12.2. The van der Waals surface area contributed by atoms with E-state index in [9.17, 15) is 13.2 Å². The van der Waals surface area contributed by atoms with Crippen LogP contribution in [0.15, 0.2) is 42.7 Å². The molecule has 146 valence electrons. The smallest absolute Gasteiger partial charge is 0.254 e. The van der Waals surface area contributed by atoms with E-state index in [1.54, 1.807) is 35.0 Å². The molecular weight excluding hydrogens is 414 g/mol. The summed E-state index contributed by atoms with van der Waals surface area (Å²) in [7, 11) is 0. The first-order valence-corrected chi connectivity index (χ1v) is 9.25. The Morgan fingerprint density at radius 2 is 1.86 bits per heavy atom. The molecule has 10 heteroatoms. The van der Waals surface area contributed by atoms with Crippen LogP contribution in [0.5, 0.6) is 0 Å². The molecule has 3 heterocycles. The van der Waals surface area contributed by atoms with Crippen molar-refractivity contribution in [2.24, 2.45) is 0 Å². The fourth-order valence-electron chi connectivity index (χ4n) is 2.98. The molecule has 0 unspecified atom stereocenters. The van der Waals surface area contributed by atoms with E-state index >= 15 is 0 Å². The number of alkyl halides is 3. The van der Waals surface area contributed by atoms with Crippen molar-refractivity contribution in [3.8, 4) is 0 Å². The number of aromatic nitrogens is 5. The summed E-state index contributed by atoms with van der Waals surface area (Å²) in [4.78, 5) is 4.26. The third kappa shape index (κ3) is 4.07. The quantitative estimate of drug-likeness (QED) is 0.423. The van der Waals surface area contributed by atoms with Gasteiger partial charge in [0.05, 0.1) is 5.52 Å². The van der Waals surface area contributed by atoms with Crippen molar-refractivity contribution < 1.29 is 13.2 Å².